The predicted octanol–water partition coefficient (Wildman–Crippen LogP) is 3.98. The molecule has 1 aromatic carbocycles. The van der Waals surface area contributed by atoms with Gasteiger partial charge in [0.05, 0.1) is 17.4 Å². The van der Waals surface area contributed by atoms with E-state index in [-0.39, 0.29) is 18.1 Å². The standard InChI is InChI=1S/C19H25F3N4O/c1-3-10-27-17-11-13(4-9-16(17)23)18-24-12(2)25-26(18)15-7-5-14(6-8-15)19(20,21)22/h5-8,13,16-17H,3-4,9-11,23H2,1-2H3/t13-,16-,17-/m0/s1. The number of ether oxygens (including phenoxy) is 1. The van der Waals surface area contributed by atoms with Crippen LogP contribution in [0.5, 0.6) is 0 Å². The van der Waals surface area contributed by atoms with Gasteiger partial charge in [-0.05, 0) is 56.9 Å². The van der Waals surface area contributed by atoms with Gasteiger partial charge in [0.2, 0.25) is 0 Å². The molecular weight excluding hydrogens is 357 g/mol. The minimum atomic E-state index is -4.36. The van der Waals surface area contributed by atoms with Crippen LogP contribution in [0.3, 0.4) is 0 Å². The number of hydrogen-bond donors (Lipinski definition) is 1. The largest absolute Gasteiger partial charge is 0.416 e. The van der Waals surface area contributed by atoms with Crippen LogP contribution in [-0.2, 0) is 10.9 Å². The number of halogens is 3. The Morgan fingerprint density at radius 2 is 1.93 bits per heavy atom. The molecule has 8 heteroatoms. The van der Waals surface area contributed by atoms with E-state index in [2.05, 4.69) is 17.0 Å². The monoisotopic (exact) mass is 382 g/mol. The van der Waals surface area contributed by atoms with Crippen molar-refractivity contribution in [1.29, 1.82) is 0 Å². The molecule has 1 aliphatic carbocycles. The van der Waals surface area contributed by atoms with Crippen LogP contribution < -0.4 is 5.73 Å². The van der Waals surface area contributed by atoms with Crippen LogP contribution in [0.15, 0.2) is 24.3 Å². The first-order valence-electron chi connectivity index (χ1n) is 9.28. The summed E-state index contributed by atoms with van der Waals surface area (Å²) in [6.07, 6.45) is -1.07. The number of nitrogens with zero attached hydrogens (tertiary/aromatic N) is 3. The summed E-state index contributed by atoms with van der Waals surface area (Å²) >= 11 is 0. The van der Waals surface area contributed by atoms with Crippen LogP contribution in [0, 0.1) is 6.92 Å². The summed E-state index contributed by atoms with van der Waals surface area (Å²) in [6.45, 7) is 4.50. The van der Waals surface area contributed by atoms with Crippen LogP contribution in [0.2, 0.25) is 0 Å². The fourth-order valence-corrected chi connectivity index (χ4v) is 3.53. The second kappa shape index (κ2) is 7.98. The Bertz CT molecular complexity index is 757. The van der Waals surface area contributed by atoms with Crippen molar-refractivity contribution in [3.63, 3.8) is 0 Å². The van der Waals surface area contributed by atoms with Crippen LogP contribution >= 0.6 is 0 Å². The second-order valence-electron chi connectivity index (χ2n) is 7.06. The summed E-state index contributed by atoms with van der Waals surface area (Å²) in [5.74, 6) is 1.45. The van der Waals surface area contributed by atoms with E-state index in [9.17, 15) is 13.2 Å². The summed E-state index contributed by atoms with van der Waals surface area (Å²) in [5, 5.41) is 4.41. The number of nitrogens with two attached hydrogens (primary N) is 1. The summed E-state index contributed by atoms with van der Waals surface area (Å²) in [4.78, 5) is 4.55. The van der Waals surface area contributed by atoms with Gasteiger partial charge in [-0.2, -0.15) is 18.3 Å². The van der Waals surface area contributed by atoms with E-state index >= 15 is 0 Å². The maximum Gasteiger partial charge on any atom is 0.416 e. The SMILES string of the molecule is CCCO[C@H]1C[C@@H](c2nc(C)nn2-c2ccc(C(F)(F)F)cc2)CC[C@@H]1N. The Balaban J connectivity index is 1.85. The molecule has 0 unspecified atom stereocenters. The molecular formula is C19H25F3N4O. The zero-order valence-corrected chi connectivity index (χ0v) is 15.5. The highest BCUT2D eigenvalue weighted by molar-refractivity contribution is 5.36. The molecule has 3 atom stereocenters. The Morgan fingerprint density at radius 3 is 2.56 bits per heavy atom. The molecule has 3 rings (SSSR count). The van der Waals surface area contributed by atoms with E-state index in [1.807, 2.05) is 0 Å². The third-order valence-corrected chi connectivity index (χ3v) is 4.92. The predicted molar refractivity (Wildman–Crippen MR) is 95.7 cm³/mol. The van der Waals surface area contributed by atoms with E-state index in [0.717, 1.165) is 43.6 Å². The van der Waals surface area contributed by atoms with Gasteiger partial charge in [0.15, 0.2) is 0 Å². The van der Waals surface area contributed by atoms with E-state index in [1.165, 1.54) is 12.1 Å². The van der Waals surface area contributed by atoms with Gasteiger partial charge >= 0.3 is 6.18 Å². The highest BCUT2D eigenvalue weighted by Gasteiger charge is 2.33. The first-order chi connectivity index (χ1) is 12.8. The van der Waals surface area contributed by atoms with Crippen LogP contribution in [0.4, 0.5) is 13.2 Å². The third kappa shape index (κ3) is 4.50. The van der Waals surface area contributed by atoms with E-state index in [1.54, 1.807) is 11.6 Å². The zero-order chi connectivity index (χ0) is 19.6. The number of alkyl halides is 3. The summed E-state index contributed by atoms with van der Waals surface area (Å²) in [5.41, 5.74) is 6.09. The van der Waals surface area contributed by atoms with E-state index < -0.39 is 11.7 Å². The average Bonchev–Trinajstić information content (AvgIpc) is 3.02. The lowest BCUT2D eigenvalue weighted by atomic mass is 9.83. The lowest BCUT2D eigenvalue weighted by molar-refractivity contribution is -0.137. The molecule has 0 spiro atoms. The lowest BCUT2D eigenvalue weighted by Crippen LogP contribution is -2.42. The summed E-state index contributed by atoms with van der Waals surface area (Å²) < 4.78 is 46.0. The minimum absolute atomic E-state index is 0.00339. The fourth-order valence-electron chi connectivity index (χ4n) is 3.53. The number of rotatable bonds is 5. The Labute approximate surface area is 156 Å². The van der Waals surface area contributed by atoms with Gasteiger partial charge in [0.25, 0.3) is 0 Å². The molecule has 2 N–H and O–H groups in total. The van der Waals surface area contributed by atoms with Crippen LogP contribution in [-0.4, -0.2) is 33.5 Å². The molecule has 0 amide bonds. The molecule has 0 bridgehead atoms. The highest BCUT2D eigenvalue weighted by atomic mass is 19.4. The van der Waals surface area contributed by atoms with Crippen molar-refractivity contribution in [3.05, 3.63) is 41.5 Å². The second-order valence-corrected chi connectivity index (χ2v) is 7.06. The summed E-state index contributed by atoms with van der Waals surface area (Å²) in [7, 11) is 0. The Hall–Kier alpha value is -1.93. The molecule has 1 aromatic heterocycles. The lowest BCUT2D eigenvalue weighted by Gasteiger charge is -2.33. The molecule has 2 aromatic rings. The molecule has 1 aliphatic rings. The maximum absolute atomic E-state index is 12.8. The fraction of sp³-hybridized carbons (Fsp3) is 0.579. The first kappa shape index (κ1) is 19.8. The van der Waals surface area contributed by atoms with Gasteiger partial charge in [0.1, 0.15) is 11.6 Å². The Kier molecular flexibility index (Phi) is 5.86. The van der Waals surface area contributed by atoms with Crippen LogP contribution in [0.1, 0.15) is 55.7 Å². The van der Waals surface area contributed by atoms with Crippen molar-refractivity contribution in [3.8, 4) is 5.69 Å². The molecule has 148 valence electrons. The van der Waals surface area contributed by atoms with Gasteiger partial charge in [-0.25, -0.2) is 9.67 Å². The molecule has 1 saturated carbocycles. The topological polar surface area (TPSA) is 66.0 Å². The quantitative estimate of drug-likeness (QED) is 0.849. The summed E-state index contributed by atoms with van der Waals surface area (Å²) in [6, 6.07) is 5.00. The molecule has 1 fully saturated rings. The normalized spacial score (nSPS) is 23.6. The van der Waals surface area contributed by atoms with Gasteiger partial charge in [-0.1, -0.05) is 6.92 Å². The minimum Gasteiger partial charge on any atom is -0.377 e. The number of aromatic nitrogens is 3. The number of benzene rings is 1. The van der Waals surface area contributed by atoms with Crippen molar-refractivity contribution < 1.29 is 17.9 Å². The van der Waals surface area contributed by atoms with E-state index in [4.69, 9.17) is 10.5 Å². The molecule has 27 heavy (non-hydrogen) atoms. The zero-order valence-electron chi connectivity index (χ0n) is 15.5. The van der Waals surface area contributed by atoms with Crippen molar-refractivity contribution >= 4 is 0 Å². The molecule has 1 heterocycles. The van der Waals surface area contributed by atoms with Gasteiger partial charge < -0.3 is 10.5 Å². The molecule has 0 aliphatic heterocycles. The smallest absolute Gasteiger partial charge is 0.377 e. The van der Waals surface area contributed by atoms with Gasteiger partial charge in [-0.3, -0.25) is 0 Å². The Morgan fingerprint density at radius 1 is 1.22 bits per heavy atom. The van der Waals surface area contributed by atoms with Crippen molar-refractivity contribution in [2.75, 3.05) is 6.61 Å². The van der Waals surface area contributed by atoms with Crippen LogP contribution in [0.25, 0.3) is 5.69 Å². The van der Waals surface area contributed by atoms with Gasteiger partial charge in [-0.15, -0.1) is 0 Å². The molecule has 5 nitrogen and oxygen atoms in total. The molecule has 0 saturated heterocycles. The third-order valence-electron chi connectivity index (χ3n) is 4.92. The first-order valence-corrected chi connectivity index (χ1v) is 9.28. The van der Waals surface area contributed by atoms with E-state index in [0.29, 0.717) is 18.1 Å². The van der Waals surface area contributed by atoms with Crippen molar-refractivity contribution in [2.24, 2.45) is 5.73 Å². The average molecular weight is 382 g/mol. The number of aryl methyl sites for hydroxylation is 1. The van der Waals surface area contributed by atoms with Gasteiger partial charge in [0, 0.05) is 18.6 Å². The maximum atomic E-state index is 12.8. The molecule has 0 radical (unpaired) electrons. The number of hydrogen-bond acceptors (Lipinski definition) is 4. The highest BCUT2D eigenvalue weighted by Crippen LogP contribution is 2.35. The van der Waals surface area contributed by atoms with Crippen molar-refractivity contribution in [2.45, 2.75) is 63.8 Å². The van der Waals surface area contributed by atoms with Crippen molar-refractivity contribution in [1.82, 2.24) is 14.8 Å².